The van der Waals surface area contributed by atoms with E-state index in [1.54, 1.807) is 6.07 Å². The van der Waals surface area contributed by atoms with Crippen molar-refractivity contribution >= 4 is 11.6 Å². The zero-order valence-corrected chi connectivity index (χ0v) is 12.1. The Bertz CT molecular complexity index is 563. The lowest BCUT2D eigenvalue weighted by molar-refractivity contribution is 0.220. The smallest absolute Gasteiger partial charge is 0.105 e. The number of aliphatic hydroxyl groups is 1. The number of hydrogen-bond donors (Lipinski definition) is 1. The van der Waals surface area contributed by atoms with Crippen molar-refractivity contribution in [3.63, 3.8) is 0 Å². The van der Waals surface area contributed by atoms with Gasteiger partial charge in [-0.1, -0.05) is 61.8 Å². The Labute approximate surface area is 119 Å². The second-order valence-electron chi connectivity index (χ2n) is 4.66. The van der Waals surface area contributed by atoms with Crippen LogP contribution in [0.2, 0.25) is 5.02 Å². The summed E-state index contributed by atoms with van der Waals surface area (Å²) in [5, 5.41) is 11.1. The second-order valence-corrected chi connectivity index (χ2v) is 5.07. The van der Waals surface area contributed by atoms with Crippen LogP contribution in [0.4, 0.5) is 0 Å². The van der Waals surface area contributed by atoms with Crippen LogP contribution in [0.3, 0.4) is 0 Å². The van der Waals surface area contributed by atoms with Crippen LogP contribution in [-0.2, 0) is 12.8 Å². The lowest BCUT2D eigenvalue weighted by Gasteiger charge is -2.15. The summed E-state index contributed by atoms with van der Waals surface area (Å²) < 4.78 is 0. The average Bonchev–Trinajstić information content (AvgIpc) is 2.46. The van der Waals surface area contributed by atoms with Gasteiger partial charge in [0, 0.05) is 10.6 Å². The molecule has 0 aliphatic rings. The molecule has 0 aromatic heterocycles. The van der Waals surface area contributed by atoms with Gasteiger partial charge in [-0.15, -0.1) is 0 Å². The molecule has 1 atom stereocenters. The highest BCUT2D eigenvalue weighted by Gasteiger charge is 2.14. The van der Waals surface area contributed by atoms with Gasteiger partial charge in [-0.05, 0) is 35.6 Å². The first kappa shape index (κ1) is 14.1. The number of aliphatic hydroxyl groups excluding tert-OH is 1. The number of aryl methyl sites for hydroxylation is 2. The molecular formula is C17H19ClO. The first-order valence-electron chi connectivity index (χ1n) is 6.71. The Morgan fingerprint density at radius 3 is 2.32 bits per heavy atom. The first-order valence-corrected chi connectivity index (χ1v) is 7.09. The molecule has 1 unspecified atom stereocenters. The van der Waals surface area contributed by atoms with Gasteiger partial charge >= 0.3 is 0 Å². The van der Waals surface area contributed by atoms with Crippen LogP contribution in [0, 0.1) is 0 Å². The van der Waals surface area contributed by atoms with Crippen molar-refractivity contribution in [1.82, 2.24) is 0 Å². The molecule has 2 rings (SSSR count). The molecular weight excluding hydrogens is 256 g/mol. The van der Waals surface area contributed by atoms with Crippen molar-refractivity contribution in [1.29, 1.82) is 0 Å². The molecule has 19 heavy (non-hydrogen) atoms. The van der Waals surface area contributed by atoms with Crippen LogP contribution >= 0.6 is 11.6 Å². The van der Waals surface area contributed by atoms with E-state index in [4.69, 9.17) is 11.6 Å². The highest BCUT2D eigenvalue weighted by atomic mass is 35.5. The van der Waals surface area contributed by atoms with Gasteiger partial charge in [-0.2, -0.15) is 0 Å². The molecule has 0 spiro atoms. The van der Waals surface area contributed by atoms with E-state index in [1.807, 2.05) is 24.3 Å². The molecule has 2 aromatic rings. The predicted octanol–water partition coefficient (Wildman–Crippen LogP) is 4.55. The zero-order valence-electron chi connectivity index (χ0n) is 11.4. The Morgan fingerprint density at radius 2 is 1.68 bits per heavy atom. The average molecular weight is 275 g/mol. The topological polar surface area (TPSA) is 20.2 Å². The van der Waals surface area contributed by atoms with Crippen LogP contribution in [0.15, 0.2) is 42.5 Å². The van der Waals surface area contributed by atoms with Crippen LogP contribution < -0.4 is 0 Å². The Kier molecular flexibility index (Phi) is 4.62. The van der Waals surface area contributed by atoms with E-state index in [1.165, 1.54) is 11.1 Å². The van der Waals surface area contributed by atoms with Crippen LogP contribution in [0.25, 0.3) is 0 Å². The van der Waals surface area contributed by atoms with Crippen molar-refractivity contribution in [2.24, 2.45) is 0 Å². The normalized spacial score (nSPS) is 12.4. The van der Waals surface area contributed by atoms with Crippen LogP contribution in [0.1, 0.15) is 42.2 Å². The summed E-state index contributed by atoms with van der Waals surface area (Å²) in [6, 6.07) is 13.6. The van der Waals surface area contributed by atoms with Crippen molar-refractivity contribution < 1.29 is 5.11 Å². The maximum absolute atomic E-state index is 10.5. The quantitative estimate of drug-likeness (QED) is 0.867. The maximum Gasteiger partial charge on any atom is 0.105 e. The van der Waals surface area contributed by atoms with E-state index in [-0.39, 0.29) is 0 Å². The van der Waals surface area contributed by atoms with Crippen LogP contribution in [0.5, 0.6) is 0 Å². The maximum atomic E-state index is 10.5. The van der Waals surface area contributed by atoms with E-state index in [9.17, 15) is 5.11 Å². The first-order chi connectivity index (χ1) is 9.17. The standard InChI is InChI=1S/C17H19ClO/c1-3-12-9-10-14(11-13(12)4-2)17(19)15-7-5-6-8-16(15)18/h5-11,17,19H,3-4H2,1-2H3. The van der Waals surface area contributed by atoms with Gasteiger partial charge in [0.1, 0.15) is 6.10 Å². The fourth-order valence-corrected chi connectivity index (χ4v) is 2.61. The number of benzene rings is 2. The summed E-state index contributed by atoms with van der Waals surface area (Å²) >= 11 is 6.14. The summed E-state index contributed by atoms with van der Waals surface area (Å²) in [6.45, 7) is 4.29. The van der Waals surface area contributed by atoms with E-state index < -0.39 is 6.10 Å². The molecule has 2 heteroatoms. The molecule has 0 heterocycles. The fraction of sp³-hybridized carbons (Fsp3) is 0.294. The molecule has 0 amide bonds. The minimum Gasteiger partial charge on any atom is -0.384 e. The van der Waals surface area contributed by atoms with Crippen LogP contribution in [-0.4, -0.2) is 5.11 Å². The molecule has 1 N–H and O–H groups in total. The zero-order chi connectivity index (χ0) is 13.8. The van der Waals surface area contributed by atoms with Gasteiger partial charge in [0.25, 0.3) is 0 Å². The molecule has 2 aromatic carbocycles. The molecule has 0 aliphatic carbocycles. The fourth-order valence-electron chi connectivity index (χ4n) is 2.37. The van der Waals surface area contributed by atoms with E-state index >= 15 is 0 Å². The van der Waals surface area contributed by atoms with Crippen molar-refractivity contribution in [3.8, 4) is 0 Å². The number of hydrogen-bond acceptors (Lipinski definition) is 1. The highest BCUT2D eigenvalue weighted by Crippen LogP contribution is 2.29. The molecule has 0 aliphatic heterocycles. The summed E-state index contributed by atoms with van der Waals surface area (Å²) in [5.74, 6) is 0. The largest absolute Gasteiger partial charge is 0.384 e. The monoisotopic (exact) mass is 274 g/mol. The Morgan fingerprint density at radius 1 is 1.00 bits per heavy atom. The minimum absolute atomic E-state index is 0.604. The summed E-state index contributed by atoms with van der Waals surface area (Å²) in [4.78, 5) is 0. The van der Waals surface area contributed by atoms with Gasteiger partial charge in [0.2, 0.25) is 0 Å². The lowest BCUT2D eigenvalue weighted by Crippen LogP contribution is -2.02. The molecule has 1 nitrogen and oxygen atoms in total. The summed E-state index contributed by atoms with van der Waals surface area (Å²) in [6.07, 6.45) is 1.34. The third-order valence-electron chi connectivity index (χ3n) is 3.51. The third kappa shape index (κ3) is 2.99. The summed E-state index contributed by atoms with van der Waals surface area (Å²) in [7, 11) is 0. The van der Waals surface area contributed by atoms with E-state index in [2.05, 4.69) is 26.0 Å². The van der Waals surface area contributed by atoms with Gasteiger partial charge in [-0.25, -0.2) is 0 Å². The third-order valence-corrected chi connectivity index (χ3v) is 3.85. The van der Waals surface area contributed by atoms with Gasteiger partial charge in [-0.3, -0.25) is 0 Å². The van der Waals surface area contributed by atoms with Crippen molar-refractivity contribution in [2.75, 3.05) is 0 Å². The SMILES string of the molecule is CCc1ccc(C(O)c2ccccc2Cl)cc1CC. The number of halogens is 1. The van der Waals surface area contributed by atoms with Crippen molar-refractivity contribution in [2.45, 2.75) is 32.8 Å². The Hall–Kier alpha value is -1.31. The van der Waals surface area contributed by atoms with E-state index in [0.29, 0.717) is 5.02 Å². The Balaban J connectivity index is 2.39. The van der Waals surface area contributed by atoms with Gasteiger partial charge in [0.15, 0.2) is 0 Å². The van der Waals surface area contributed by atoms with E-state index in [0.717, 1.165) is 24.0 Å². The molecule has 0 saturated heterocycles. The second kappa shape index (κ2) is 6.23. The lowest BCUT2D eigenvalue weighted by atomic mass is 9.95. The molecule has 0 fully saturated rings. The molecule has 0 bridgehead atoms. The minimum atomic E-state index is -0.662. The molecule has 0 radical (unpaired) electrons. The number of rotatable bonds is 4. The van der Waals surface area contributed by atoms with Gasteiger partial charge in [0.05, 0.1) is 0 Å². The van der Waals surface area contributed by atoms with Crippen molar-refractivity contribution in [3.05, 3.63) is 69.7 Å². The summed E-state index contributed by atoms with van der Waals surface area (Å²) in [5.41, 5.74) is 4.31. The van der Waals surface area contributed by atoms with Gasteiger partial charge < -0.3 is 5.11 Å². The predicted molar refractivity (Wildman–Crippen MR) is 80.7 cm³/mol. The molecule has 0 saturated carbocycles. The highest BCUT2D eigenvalue weighted by molar-refractivity contribution is 6.31. The molecule has 100 valence electrons.